The van der Waals surface area contributed by atoms with Crippen LogP contribution in [0.15, 0.2) is 41.2 Å². The van der Waals surface area contributed by atoms with E-state index in [0.29, 0.717) is 35.2 Å². The molecule has 4 rings (SSSR count). The van der Waals surface area contributed by atoms with Crippen molar-refractivity contribution in [3.63, 3.8) is 0 Å². The Labute approximate surface area is 158 Å². The number of H-pyrrole nitrogens is 1. The normalized spacial score (nSPS) is 22.2. The number of fused-ring (bicyclic) bond motifs is 1. The molecule has 142 valence electrons. The van der Waals surface area contributed by atoms with Crippen LogP contribution in [-0.4, -0.2) is 25.7 Å². The van der Waals surface area contributed by atoms with Crippen molar-refractivity contribution in [2.75, 3.05) is 0 Å². The lowest BCUT2D eigenvalue weighted by atomic mass is 9.71. The molecule has 0 bridgehead atoms. The van der Waals surface area contributed by atoms with Crippen LogP contribution in [0.1, 0.15) is 45.7 Å². The highest BCUT2D eigenvalue weighted by atomic mass is 16.5. The van der Waals surface area contributed by atoms with Crippen molar-refractivity contribution in [3.05, 3.63) is 52.4 Å². The summed E-state index contributed by atoms with van der Waals surface area (Å²) in [5.74, 6) is 1.65. The van der Waals surface area contributed by atoms with Gasteiger partial charge < -0.3 is 4.74 Å². The van der Waals surface area contributed by atoms with Crippen LogP contribution in [0.3, 0.4) is 0 Å². The molecule has 2 heterocycles. The quantitative estimate of drug-likeness (QED) is 0.762. The van der Waals surface area contributed by atoms with Gasteiger partial charge in [-0.3, -0.25) is 9.89 Å². The van der Waals surface area contributed by atoms with Gasteiger partial charge in [0.15, 0.2) is 5.82 Å². The van der Waals surface area contributed by atoms with Gasteiger partial charge in [0.1, 0.15) is 0 Å². The number of hydrogen-bond acceptors (Lipinski definition) is 4. The van der Waals surface area contributed by atoms with E-state index in [2.05, 4.69) is 35.8 Å². The van der Waals surface area contributed by atoms with Crippen LogP contribution in [-0.2, 0) is 11.3 Å². The lowest BCUT2D eigenvalue weighted by molar-refractivity contribution is -0.0327. The fraction of sp³-hybridized carbons (Fsp3) is 0.476. The van der Waals surface area contributed by atoms with Gasteiger partial charge in [0.2, 0.25) is 0 Å². The maximum absolute atomic E-state index is 12.4. The molecule has 27 heavy (non-hydrogen) atoms. The van der Waals surface area contributed by atoms with Crippen molar-refractivity contribution >= 4 is 5.78 Å². The number of ether oxygens (including phenoxy) is 1. The number of benzene rings is 1. The average molecular weight is 366 g/mol. The van der Waals surface area contributed by atoms with Crippen LogP contribution >= 0.6 is 0 Å². The first-order valence-corrected chi connectivity index (χ1v) is 9.55. The lowest BCUT2D eigenvalue weighted by Crippen LogP contribution is -2.32. The third-order valence-corrected chi connectivity index (χ3v) is 5.24. The molecule has 0 radical (unpaired) electrons. The van der Waals surface area contributed by atoms with E-state index < -0.39 is 0 Å². The van der Waals surface area contributed by atoms with E-state index in [1.54, 1.807) is 0 Å². The summed E-state index contributed by atoms with van der Waals surface area (Å²) in [6.45, 7) is 7.21. The molecule has 0 unspecified atom stereocenters. The van der Waals surface area contributed by atoms with Crippen molar-refractivity contribution in [1.82, 2.24) is 19.6 Å². The smallest absolute Gasteiger partial charge is 0.274 e. The second-order valence-electron chi connectivity index (χ2n) is 8.51. The third kappa shape index (κ3) is 3.95. The molecule has 0 spiro atoms. The van der Waals surface area contributed by atoms with Crippen LogP contribution in [0.25, 0.3) is 17.2 Å². The molecule has 6 nitrogen and oxygen atoms in total. The zero-order valence-electron chi connectivity index (χ0n) is 16.1. The minimum Gasteiger partial charge on any atom is -0.372 e. The summed E-state index contributed by atoms with van der Waals surface area (Å²) < 4.78 is 7.49. The van der Waals surface area contributed by atoms with Crippen LogP contribution in [0.5, 0.6) is 0 Å². The number of aromatic amines is 1. The minimum absolute atomic E-state index is 0.175. The number of nitrogens with zero attached hydrogens (tertiary/aromatic N) is 3. The SMILES string of the molecule is C[C@@H]1C[C@H](OCc2cc(=O)n3[nH]c(-c4ccccc4)nc3n2)CC(C)(C)C1. The number of rotatable bonds is 4. The van der Waals surface area contributed by atoms with Gasteiger partial charge in [0.05, 0.1) is 18.4 Å². The molecule has 1 saturated carbocycles. The number of hydrogen-bond donors (Lipinski definition) is 1. The van der Waals surface area contributed by atoms with Crippen molar-refractivity contribution < 1.29 is 4.74 Å². The maximum Gasteiger partial charge on any atom is 0.274 e. The molecule has 1 aliphatic rings. The second kappa shape index (κ2) is 6.93. The molecular weight excluding hydrogens is 340 g/mol. The van der Waals surface area contributed by atoms with E-state index >= 15 is 0 Å². The Kier molecular flexibility index (Phi) is 4.60. The Morgan fingerprint density at radius 2 is 2.00 bits per heavy atom. The average Bonchev–Trinajstić information content (AvgIpc) is 3.04. The predicted octanol–water partition coefficient (Wildman–Crippen LogP) is 3.82. The monoisotopic (exact) mass is 366 g/mol. The highest BCUT2D eigenvalue weighted by molar-refractivity contribution is 5.56. The van der Waals surface area contributed by atoms with Crippen molar-refractivity contribution in [2.24, 2.45) is 11.3 Å². The second-order valence-corrected chi connectivity index (χ2v) is 8.51. The van der Waals surface area contributed by atoms with Crippen LogP contribution < -0.4 is 5.56 Å². The summed E-state index contributed by atoms with van der Waals surface area (Å²) in [5, 5.41) is 3.02. The zero-order valence-corrected chi connectivity index (χ0v) is 16.1. The molecule has 2 atom stereocenters. The molecule has 1 fully saturated rings. The molecule has 1 aliphatic carbocycles. The Morgan fingerprint density at radius 1 is 1.22 bits per heavy atom. The lowest BCUT2D eigenvalue weighted by Gasteiger charge is -2.38. The van der Waals surface area contributed by atoms with Gasteiger partial charge in [-0.1, -0.05) is 51.1 Å². The summed E-state index contributed by atoms with van der Waals surface area (Å²) >= 11 is 0. The topological polar surface area (TPSA) is 72.3 Å². The first-order chi connectivity index (χ1) is 12.9. The standard InChI is InChI=1S/C21H26N4O2/c1-14-9-17(12-21(2,3)11-14)27-13-16-10-18(26)25-20(22-16)23-19(24-25)15-7-5-4-6-8-15/h4-8,10,14,17H,9,11-13H2,1-3H3,(H,22,23,24)/t14-,17+/m1/s1. The van der Waals surface area contributed by atoms with Gasteiger partial charge in [-0.2, -0.15) is 9.50 Å². The number of aromatic nitrogens is 4. The molecule has 1 N–H and O–H groups in total. The van der Waals surface area contributed by atoms with Crippen molar-refractivity contribution in [1.29, 1.82) is 0 Å². The van der Waals surface area contributed by atoms with E-state index in [4.69, 9.17) is 4.74 Å². The van der Waals surface area contributed by atoms with Gasteiger partial charge in [0, 0.05) is 11.6 Å². The van der Waals surface area contributed by atoms with Crippen molar-refractivity contribution in [2.45, 2.75) is 52.7 Å². The number of nitrogens with one attached hydrogen (secondary N) is 1. The molecule has 0 aliphatic heterocycles. The van der Waals surface area contributed by atoms with E-state index in [1.807, 2.05) is 30.3 Å². The summed E-state index contributed by atoms with van der Waals surface area (Å²) in [4.78, 5) is 21.4. The van der Waals surface area contributed by atoms with Crippen LogP contribution in [0.4, 0.5) is 0 Å². The van der Waals surface area contributed by atoms with E-state index in [0.717, 1.165) is 18.4 Å². The molecule has 0 amide bonds. The van der Waals surface area contributed by atoms with Gasteiger partial charge in [-0.15, -0.1) is 0 Å². The zero-order chi connectivity index (χ0) is 19.0. The Balaban J connectivity index is 1.54. The van der Waals surface area contributed by atoms with E-state index in [1.165, 1.54) is 17.0 Å². The first-order valence-electron chi connectivity index (χ1n) is 9.55. The molecular formula is C21H26N4O2. The Bertz CT molecular complexity index is 990. The minimum atomic E-state index is -0.175. The molecule has 1 aromatic carbocycles. The molecule has 3 aromatic rings. The van der Waals surface area contributed by atoms with Crippen LogP contribution in [0, 0.1) is 11.3 Å². The summed E-state index contributed by atoms with van der Waals surface area (Å²) in [6.07, 6.45) is 3.54. The first kappa shape index (κ1) is 17.9. The maximum atomic E-state index is 12.4. The fourth-order valence-electron chi connectivity index (χ4n) is 4.32. The van der Waals surface area contributed by atoms with E-state index in [-0.39, 0.29) is 11.7 Å². The van der Waals surface area contributed by atoms with Gasteiger partial charge in [-0.05, 0) is 30.6 Å². The van der Waals surface area contributed by atoms with E-state index in [9.17, 15) is 4.79 Å². The summed E-state index contributed by atoms with van der Waals surface area (Å²) in [7, 11) is 0. The third-order valence-electron chi connectivity index (χ3n) is 5.24. The van der Waals surface area contributed by atoms with Gasteiger partial charge in [-0.25, -0.2) is 4.98 Å². The highest BCUT2D eigenvalue weighted by Crippen LogP contribution is 2.39. The van der Waals surface area contributed by atoms with Crippen molar-refractivity contribution in [3.8, 4) is 11.4 Å². The molecule has 0 saturated heterocycles. The molecule has 2 aromatic heterocycles. The largest absolute Gasteiger partial charge is 0.372 e. The summed E-state index contributed by atoms with van der Waals surface area (Å²) in [6, 6.07) is 11.2. The summed E-state index contributed by atoms with van der Waals surface area (Å²) in [5.41, 5.74) is 1.66. The predicted molar refractivity (Wildman–Crippen MR) is 104 cm³/mol. The fourth-order valence-corrected chi connectivity index (χ4v) is 4.32. The van der Waals surface area contributed by atoms with Gasteiger partial charge in [0.25, 0.3) is 11.3 Å². The van der Waals surface area contributed by atoms with Gasteiger partial charge >= 0.3 is 0 Å². The Morgan fingerprint density at radius 3 is 2.74 bits per heavy atom. The Hall–Kier alpha value is -2.47. The van der Waals surface area contributed by atoms with Crippen LogP contribution in [0.2, 0.25) is 0 Å². The molecule has 6 heteroatoms. The highest BCUT2D eigenvalue weighted by Gasteiger charge is 2.32.